The SMILES string of the molecule is CC(=O)Nc1ccc(S(=O)(=O)N(C)CC(=O)N2CC3CCC(N)C3C2)cc1. The molecule has 2 aliphatic rings. The average Bonchev–Trinajstić information content (AvgIpc) is 3.17. The molecular weight excluding hydrogens is 368 g/mol. The van der Waals surface area contributed by atoms with Gasteiger partial charge in [0.2, 0.25) is 21.8 Å². The molecule has 1 saturated heterocycles. The number of carbonyl (C=O) groups is 2. The van der Waals surface area contributed by atoms with Crippen molar-refractivity contribution in [3.63, 3.8) is 0 Å². The van der Waals surface area contributed by atoms with E-state index in [1.54, 1.807) is 4.90 Å². The Balaban J connectivity index is 1.63. The van der Waals surface area contributed by atoms with Crippen molar-refractivity contribution in [3.05, 3.63) is 24.3 Å². The maximum atomic E-state index is 12.7. The largest absolute Gasteiger partial charge is 0.341 e. The molecule has 2 amide bonds. The van der Waals surface area contributed by atoms with E-state index < -0.39 is 10.0 Å². The highest BCUT2D eigenvalue weighted by molar-refractivity contribution is 7.89. The third-order valence-corrected chi connectivity index (χ3v) is 7.32. The van der Waals surface area contributed by atoms with Crippen LogP contribution in [-0.2, 0) is 19.6 Å². The number of nitrogens with two attached hydrogens (primary N) is 1. The molecule has 0 radical (unpaired) electrons. The summed E-state index contributed by atoms with van der Waals surface area (Å²) in [6.45, 7) is 2.45. The van der Waals surface area contributed by atoms with E-state index in [1.165, 1.54) is 38.2 Å². The smallest absolute Gasteiger partial charge is 0.243 e. The van der Waals surface area contributed by atoms with E-state index in [0.717, 1.165) is 17.1 Å². The van der Waals surface area contributed by atoms with Gasteiger partial charge in [-0.25, -0.2) is 8.42 Å². The van der Waals surface area contributed by atoms with Crippen molar-refractivity contribution >= 4 is 27.5 Å². The van der Waals surface area contributed by atoms with Gasteiger partial charge in [0.1, 0.15) is 0 Å². The van der Waals surface area contributed by atoms with E-state index in [4.69, 9.17) is 5.73 Å². The molecule has 0 aromatic heterocycles. The number of likely N-dealkylation sites (tertiary alicyclic amines) is 1. The molecule has 3 N–H and O–H groups in total. The van der Waals surface area contributed by atoms with Gasteiger partial charge in [-0.1, -0.05) is 0 Å². The summed E-state index contributed by atoms with van der Waals surface area (Å²) in [5.41, 5.74) is 6.61. The third-order valence-electron chi connectivity index (χ3n) is 5.51. The fraction of sp³-hybridized carbons (Fsp3) is 0.556. The van der Waals surface area contributed by atoms with Gasteiger partial charge in [0.05, 0.1) is 11.4 Å². The van der Waals surface area contributed by atoms with Crippen molar-refractivity contribution in [2.45, 2.75) is 30.7 Å². The molecular formula is C18H26N4O4S. The van der Waals surface area contributed by atoms with E-state index in [-0.39, 0.29) is 29.3 Å². The predicted molar refractivity (Wildman–Crippen MR) is 101 cm³/mol. The summed E-state index contributed by atoms with van der Waals surface area (Å²) in [5.74, 6) is 0.338. The first kappa shape index (κ1) is 19.8. The minimum atomic E-state index is -3.79. The van der Waals surface area contributed by atoms with Crippen LogP contribution in [0.2, 0.25) is 0 Å². The Morgan fingerprint density at radius 2 is 1.89 bits per heavy atom. The highest BCUT2D eigenvalue weighted by Crippen LogP contribution is 2.37. The molecule has 2 fully saturated rings. The van der Waals surface area contributed by atoms with Gasteiger partial charge in [-0.05, 0) is 48.9 Å². The zero-order valence-corrected chi connectivity index (χ0v) is 16.4. The molecule has 1 aliphatic carbocycles. The zero-order valence-electron chi connectivity index (χ0n) is 15.6. The Hall–Kier alpha value is -1.97. The zero-order chi connectivity index (χ0) is 19.8. The van der Waals surface area contributed by atoms with Gasteiger partial charge in [0.15, 0.2) is 0 Å². The second-order valence-electron chi connectivity index (χ2n) is 7.43. The van der Waals surface area contributed by atoms with Crippen LogP contribution < -0.4 is 11.1 Å². The molecule has 1 saturated carbocycles. The van der Waals surface area contributed by atoms with Crippen molar-refractivity contribution in [3.8, 4) is 0 Å². The predicted octanol–water partition coefficient (Wildman–Crippen LogP) is 0.461. The van der Waals surface area contributed by atoms with Crippen LogP contribution in [0, 0.1) is 11.8 Å². The number of anilines is 1. The summed E-state index contributed by atoms with van der Waals surface area (Å²) >= 11 is 0. The van der Waals surface area contributed by atoms with Crippen LogP contribution >= 0.6 is 0 Å². The Bertz CT molecular complexity index is 824. The lowest BCUT2D eigenvalue weighted by Gasteiger charge is -2.22. The first-order valence-electron chi connectivity index (χ1n) is 9.06. The van der Waals surface area contributed by atoms with E-state index in [2.05, 4.69) is 5.32 Å². The molecule has 1 aromatic carbocycles. The van der Waals surface area contributed by atoms with Gasteiger partial charge >= 0.3 is 0 Å². The summed E-state index contributed by atoms with van der Waals surface area (Å²) in [6, 6.07) is 6.01. The van der Waals surface area contributed by atoms with Crippen molar-refractivity contribution in [1.82, 2.24) is 9.21 Å². The van der Waals surface area contributed by atoms with Gasteiger partial charge in [0.25, 0.3) is 0 Å². The van der Waals surface area contributed by atoms with Gasteiger partial charge in [0, 0.05) is 38.8 Å². The molecule has 0 bridgehead atoms. The number of hydrogen-bond donors (Lipinski definition) is 2. The van der Waals surface area contributed by atoms with E-state index in [9.17, 15) is 18.0 Å². The molecule has 3 rings (SSSR count). The highest BCUT2D eigenvalue weighted by Gasteiger charge is 2.42. The molecule has 9 heteroatoms. The van der Waals surface area contributed by atoms with Crippen LogP contribution in [-0.4, -0.2) is 62.2 Å². The van der Waals surface area contributed by atoms with Gasteiger partial charge in [-0.15, -0.1) is 0 Å². The standard InChI is InChI=1S/C18H26N4O4S/c1-12(23)20-14-4-6-15(7-5-14)27(25,26)21(2)11-18(24)22-9-13-3-8-17(19)16(13)10-22/h4-7,13,16-17H,3,8-11,19H2,1-2H3,(H,20,23). The molecule has 0 spiro atoms. The Morgan fingerprint density at radius 1 is 1.22 bits per heavy atom. The Morgan fingerprint density at radius 3 is 2.48 bits per heavy atom. The van der Waals surface area contributed by atoms with Gasteiger partial charge in [-0.3, -0.25) is 9.59 Å². The lowest BCUT2D eigenvalue weighted by molar-refractivity contribution is -0.130. The molecule has 8 nitrogen and oxygen atoms in total. The monoisotopic (exact) mass is 394 g/mol. The van der Waals surface area contributed by atoms with Crippen molar-refractivity contribution < 1.29 is 18.0 Å². The van der Waals surface area contributed by atoms with Crippen molar-refractivity contribution in [2.75, 3.05) is 32.0 Å². The first-order chi connectivity index (χ1) is 12.7. The van der Waals surface area contributed by atoms with E-state index >= 15 is 0 Å². The van der Waals surface area contributed by atoms with Crippen LogP contribution in [0.1, 0.15) is 19.8 Å². The highest BCUT2D eigenvalue weighted by atomic mass is 32.2. The van der Waals surface area contributed by atoms with Crippen LogP contribution in [0.5, 0.6) is 0 Å². The van der Waals surface area contributed by atoms with Crippen LogP contribution in [0.25, 0.3) is 0 Å². The molecule has 3 unspecified atom stereocenters. The molecule has 1 aromatic rings. The normalized spacial score (nSPS) is 24.9. The van der Waals surface area contributed by atoms with E-state index in [0.29, 0.717) is 30.6 Å². The number of sulfonamides is 1. The average molecular weight is 394 g/mol. The maximum Gasteiger partial charge on any atom is 0.243 e. The van der Waals surface area contributed by atoms with E-state index in [1.807, 2.05) is 0 Å². The quantitative estimate of drug-likeness (QED) is 0.753. The number of nitrogens with one attached hydrogen (secondary N) is 1. The molecule has 1 aliphatic heterocycles. The van der Waals surface area contributed by atoms with Crippen molar-refractivity contribution in [2.24, 2.45) is 17.6 Å². The topological polar surface area (TPSA) is 113 Å². The number of carbonyl (C=O) groups excluding carboxylic acids is 2. The maximum absolute atomic E-state index is 12.7. The number of nitrogens with zero attached hydrogens (tertiary/aromatic N) is 2. The van der Waals surface area contributed by atoms with Crippen LogP contribution in [0.4, 0.5) is 5.69 Å². The fourth-order valence-corrected chi connectivity index (χ4v) is 5.10. The van der Waals surface area contributed by atoms with Crippen LogP contribution in [0.15, 0.2) is 29.2 Å². The second-order valence-corrected chi connectivity index (χ2v) is 9.48. The summed E-state index contributed by atoms with van der Waals surface area (Å²) in [7, 11) is -2.39. The minimum absolute atomic E-state index is 0.0761. The third kappa shape index (κ3) is 4.15. The summed E-state index contributed by atoms with van der Waals surface area (Å²) in [5, 5.41) is 2.59. The number of amides is 2. The lowest BCUT2D eigenvalue weighted by Crippen LogP contribution is -2.41. The molecule has 3 atom stereocenters. The summed E-state index contributed by atoms with van der Waals surface area (Å²) in [6.07, 6.45) is 2.03. The van der Waals surface area contributed by atoms with Gasteiger partial charge < -0.3 is 16.0 Å². The Kier molecular flexibility index (Phi) is 5.55. The number of likely N-dealkylation sites (N-methyl/N-ethyl adjacent to an activating group) is 1. The number of rotatable bonds is 5. The number of benzene rings is 1. The number of fused-ring (bicyclic) bond motifs is 1. The van der Waals surface area contributed by atoms with Crippen molar-refractivity contribution in [1.29, 1.82) is 0 Å². The lowest BCUT2D eigenvalue weighted by atomic mass is 9.98. The first-order valence-corrected chi connectivity index (χ1v) is 10.5. The summed E-state index contributed by atoms with van der Waals surface area (Å²) < 4.78 is 26.5. The molecule has 27 heavy (non-hydrogen) atoms. The molecule has 148 valence electrons. The molecule has 1 heterocycles. The summed E-state index contributed by atoms with van der Waals surface area (Å²) in [4.78, 5) is 25.4. The van der Waals surface area contributed by atoms with Crippen LogP contribution in [0.3, 0.4) is 0 Å². The second kappa shape index (κ2) is 7.57. The number of hydrogen-bond acceptors (Lipinski definition) is 5. The minimum Gasteiger partial charge on any atom is -0.341 e. The fourth-order valence-electron chi connectivity index (χ4n) is 3.98. The van der Waals surface area contributed by atoms with Gasteiger partial charge in [-0.2, -0.15) is 4.31 Å². The Labute approximate surface area is 159 Å².